The summed E-state index contributed by atoms with van der Waals surface area (Å²) in [4.78, 5) is 0. The fourth-order valence-corrected chi connectivity index (χ4v) is 0. The second-order valence-electron chi connectivity index (χ2n) is 0.545. The number of nitrogens with two attached hydrogens (primary N) is 1. The van der Waals surface area contributed by atoms with E-state index in [2.05, 4.69) is 14.5 Å². The van der Waals surface area contributed by atoms with E-state index in [9.17, 15) is 8.42 Å². The first kappa shape index (κ1) is 5.13. The molecule has 0 aromatic carbocycles. The molecule has 5 heteroatoms. The van der Waals surface area contributed by atoms with E-state index in [0.717, 1.165) is 0 Å². The standard InChI is InChI=1S/H2NO2SSi/c1-4(2,3)5/h(H2,1,2,3). The number of hydrogen-bond donors (Lipinski definition) is 1. The smallest absolute Gasteiger partial charge is 0.235 e. The predicted octanol–water partition coefficient (Wildman–Crippen LogP) is -1.64. The molecular formula is H2NO2SSi. The third-order valence-electron chi connectivity index (χ3n) is 0. The van der Waals surface area contributed by atoms with E-state index in [4.69, 9.17) is 0 Å². The highest BCUT2D eigenvalue weighted by Crippen LogP contribution is 1.48. The second-order valence-corrected chi connectivity index (χ2v) is 3.34. The average Bonchev–Trinajstić information content (AvgIpc) is 0.722. The van der Waals surface area contributed by atoms with Gasteiger partial charge in [0, 0.05) is 0 Å². The molecule has 2 N–H and O–H groups in total. The molecule has 0 aromatic heterocycles. The van der Waals surface area contributed by atoms with E-state index < -0.39 is 9.47 Å². The quantitative estimate of drug-likeness (QED) is 0.378. The van der Waals surface area contributed by atoms with Gasteiger partial charge in [-0.1, -0.05) is 0 Å². The van der Waals surface area contributed by atoms with Crippen LogP contribution < -0.4 is 5.14 Å². The van der Waals surface area contributed by atoms with Crippen LogP contribution in [0, 0.1) is 0 Å². The van der Waals surface area contributed by atoms with E-state index in [1.165, 1.54) is 0 Å². The van der Waals surface area contributed by atoms with Crippen LogP contribution >= 0.6 is 0 Å². The van der Waals surface area contributed by atoms with E-state index in [1.54, 1.807) is 0 Å². The maximum atomic E-state index is 9.32. The van der Waals surface area contributed by atoms with Gasteiger partial charge < -0.3 is 0 Å². The Kier molecular flexibility index (Phi) is 1.10. The van der Waals surface area contributed by atoms with E-state index in [-0.39, 0.29) is 0 Å². The van der Waals surface area contributed by atoms with Gasteiger partial charge in [-0.3, -0.25) is 0 Å². The Labute approximate surface area is 33.3 Å². The molecule has 0 aliphatic heterocycles. The van der Waals surface area contributed by atoms with E-state index in [0.29, 0.717) is 0 Å². The van der Waals surface area contributed by atoms with Crippen molar-refractivity contribution in [3.8, 4) is 0 Å². The molecule has 29 valence electrons. The van der Waals surface area contributed by atoms with E-state index >= 15 is 0 Å². The monoisotopic (exact) mass is 108 g/mol. The first-order valence-corrected chi connectivity index (χ1v) is 3.54. The Morgan fingerprint density at radius 1 is 1.60 bits per heavy atom. The van der Waals surface area contributed by atoms with Crippen molar-refractivity contribution in [3.05, 3.63) is 0 Å². The van der Waals surface area contributed by atoms with Gasteiger partial charge in [-0.15, -0.1) is 0 Å². The van der Waals surface area contributed by atoms with Gasteiger partial charge in [-0.25, -0.2) is 13.6 Å². The number of hydrogen-bond acceptors (Lipinski definition) is 2. The summed E-state index contributed by atoms with van der Waals surface area (Å²) in [5.74, 6) is 0. The highest BCUT2D eigenvalue weighted by Gasteiger charge is 1.80. The van der Waals surface area contributed by atoms with Crippen LogP contribution in [0.1, 0.15) is 0 Å². The zero-order valence-corrected chi connectivity index (χ0v) is 4.12. The molecular weight excluding hydrogens is 106 g/mol. The molecule has 3 radical (unpaired) electrons. The van der Waals surface area contributed by atoms with Gasteiger partial charge in [0.15, 0.2) is 9.47 Å². The van der Waals surface area contributed by atoms with Gasteiger partial charge in [-0.05, 0) is 0 Å². The molecule has 0 aromatic rings. The lowest BCUT2D eigenvalue weighted by molar-refractivity contribution is 0.611. The van der Waals surface area contributed by atoms with Crippen molar-refractivity contribution in [1.82, 2.24) is 0 Å². The first-order chi connectivity index (χ1) is 2.00. The summed E-state index contributed by atoms with van der Waals surface area (Å²) < 4.78 is 18.6. The van der Waals surface area contributed by atoms with Gasteiger partial charge >= 0.3 is 0 Å². The van der Waals surface area contributed by atoms with Crippen molar-refractivity contribution in [3.63, 3.8) is 0 Å². The normalized spacial score (nSPS) is 11.6. The van der Waals surface area contributed by atoms with Crippen LogP contribution in [0.5, 0.6) is 0 Å². The maximum absolute atomic E-state index is 9.32. The van der Waals surface area contributed by atoms with Crippen LogP contribution in [0.15, 0.2) is 0 Å². The van der Waals surface area contributed by atoms with Crippen LogP contribution in [0.25, 0.3) is 0 Å². The summed E-state index contributed by atoms with van der Waals surface area (Å²) in [5, 5.41) is 4.24. The molecule has 3 nitrogen and oxygen atoms in total. The molecule has 0 rings (SSSR count). The minimum absolute atomic E-state index is 2.17. The van der Waals surface area contributed by atoms with Crippen molar-refractivity contribution in [1.29, 1.82) is 0 Å². The fraction of sp³-hybridized carbons (Fsp3) is 0. The van der Waals surface area contributed by atoms with Crippen LogP contribution in [0.2, 0.25) is 0 Å². The molecule has 0 fully saturated rings. The molecule has 0 aliphatic rings. The topological polar surface area (TPSA) is 60.2 Å². The SMILES string of the molecule is NS(=O)(=O)[Si]. The van der Waals surface area contributed by atoms with Crippen molar-refractivity contribution in [2.24, 2.45) is 5.14 Å². The van der Waals surface area contributed by atoms with Crippen molar-refractivity contribution >= 4 is 18.9 Å². The predicted molar refractivity (Wildman–Crippen MR) is 18.9 cm³/mol. The zero-order chi connectivity index (χ0) is 4.50. The minimum atomic E-state index is -3.36. The van der Waals surface area contributed by atoms with Crippen molar-refractivity contribution in [2.45, 2.75) is 0 Å². The third-order valence-corrected chi connectivity index (χ3v) is 0. The van der Waals surface area contributed by atoms with Gasteiger partial charge in [-0.2, -0.15) is 0 Å². The number of rotatable bonds is 0. The Bertz CT molecular complexity index is 92.8. The Morgan fingerprint density at radius 2 is 1.60 bits per heavy atom. The van der Waals surface area contributed by atoms with Gasteiger partial charge in [0.1, 0.15) is 0 Å². The summed E-state index contributed by atoms with van der Waals surface area (Å²) in [6.07, 6.45) is 0. The average molecular weight is 108 g/mol. The lowest BCUT2D eigenvalue weighted by atomic mass is 14.0. The van der Waals surface area contributed by atoms with Crippen LogP contribution in [-0.4, -0.2) is 17.8 Å². The Morgan fingerprint density at radius 3 is 1.60 bits per heavy atom. The molecule has 0 unspecified atom stereocenters. The highest BCUT2D eigenvalue weighted by molar-refractivity contribution is 8.10. The largest absolute Gasteiger partial charge is 0.236 e. The molecule has 0 amide bonds. The van der Waals surface area contributed by atoms with Gasteiger partial charge in [0.05, 0.1) is 0 Å². The molecule has 0 saturated carbocycles. The molecule has 0 bridgehead atoms. The lowest BCUT2D eigenvalue weighted by Crippen LogP contribution is -2.09. The molecule has 0 saturated heterocycles. The van der Waals surface area contributed by atoms with Gasteiger partial charge in [0.2, 0.25) is 9.39 Å². The highest BCUT2D eigenvalue weighted by atomic mass is 32.4. The lowest BCUT2D eigenvalue weighted by Gasteiger charge is -1.70. The van der Waals surface area contributed by atoms with E-state index in [1.807, 2.05) is 0 Å². The van der Waals surface area contributed by atoms with Crippen LogP contribution in [0.3, 0.4) is 0 Å². The summed E-state index contributed by atoms with van der Waals surface area (Å²) in [5.41, 5.74) is 0. The van der Waals surface area contributed by atoms with Crippen LogP contribution in [0.4, 0.5) is 0 Å². The maximum Gasteiger partial charge on any atom is 0.236 e. The summed E-state index contributed by atoms with van der Waals surface area (Å²) in [7, 11) is -1.19. The Hall–Kier alpha value is 0.127. The molecule has 0 atom stereocenters. The first-order valence-electron chi connectivity index (χ1n) is 0.773. The van der Waals surface area contributed by atoms with Crippen molar-refractivity contribution in [2.75, 3.05) is 0 Å². The van der Waals surface area contributed by atoms with Crippen LogP contribution in [-0.2, 0) is 9.47 Å². The summed E-state index contributed by atoms with van der Waals surface area (Å²) in [6.45, 7) is 0. The summed E-state index contributed by atoms with van der Waals surface area (Å²) in [6, 6.07) is 0. The molecule has 0 heterocycles. The fourth-order valence-electron chi connectivity index (χ4n) is 0. The third kappa shape index (κ3) is 1160. The molecule has 5 heavy (non-hydrogen) atoms. The Balaban J connectivity index is 4.06. The van der Waals surface area contributed by atoms with Crippen molar-refractivity contribution < 1.29 is 8.42 Å². The van der Waals surface area contributed by atoms with Gasteiger partial charge in [0.25, 0.3) is 0 Å². The summed E-state index contributed by atoms with van der Waals surface area (Å²) >= 11 is 0. The molecule has 0 aliphatic carbocycles. The second kappa shape index (κ2) is 1.07. The molecule has 0 spiro atoms. The zero-order valence-electron chi connectivity index (χ0n) is 2.30. The minimum Gasteiger partial charge on any atom is -0.235 e.